The van der Waals surface area contributed by atoms with E-state index in [1.165, 1.54) is 0 Å². The van der Waals surface area contributed by atoms with Gasteiger partial charge in [0.25, 0.3) is 0 Å². The Balaban J connectivity index is 2.84. The molecule has 0 saturated heterocycles. The molecule has 0 aliphatic heterocycles. The van der Waals surface area contributed by atoms with Crippen LogP contribution >= 0.6 is 11.6 Å². The molecule has 0 radical (unpaired) electrons. The van der Waals surface area contributed by atoms with Gasteiger partial charge in [-0.15, -0.1) is 11.6 Å². The molecule has 0 aliphatic rings. The van der Waals surface area contributed by atoms with Crippen LogP contribution in [0.1, 0.15) is 11.1 Å². The van der Waals surface area contributed by atoms with Crippen molar-refractivity contribution in [3.8, 4) is 6.07 Å². The summed E-state index contributed by atoms with van der Waals surface area (Å²) in [6.07, 6.45) is 1.60. The van der Waals surface area contributed by atoms with E-state index in [-0.39, 0.29) is 0 Å². The SMILES string of the molecule is N#Cc1ccc2[nH]cnc2c1CCl. The molecule has 0 aliphatic carbocycles. The zero-order chi connectivity index (χ0) is 9.26. The molecule has 3 nitrogen and oxygen atoms in total. The number of H-pyrrole nitrogens is 1. The number of nitrogens with one attached hydrogen (secondary N) is 1. The molecule has 2 rings (SSSR count). The minimum atomic E-state index is 0.311. The van der Waals surface area contributed by atoms with Crippen molar-refractivity contribution in [3.63, 3.8) is 0 Å². The monoisotopic (exact) mass is 191 g/mol. The van der Waals surface area contributed by atoms with E-state index < -0.39 is 0 Å². The van der Waals surface area contributed by atoms with E-state index in [0.717, 1.165) is 16.6 Å². The highest BCUT2D eigenvalue weighted by Gasteiger charge is 2.07. The number of alkyl halides is 1. The van der Waals surface area contributed by atoms with Gasteiger partial charge >= 0.3 is 0 Å². The summed E-state index contributed by atoms with van der Waals surface area (Å²) >= 11 is 5.74. The number of hydrogen-bond donors (Lipinski definition) is 1. The third kappa shape index (κ3) is 1.16. The van der Waals surface area contributed by atoms with Crippen molar-refractivity contribution in [2.45, 2.75) is 5.88 Å². The molecule has 1 aromatic carbocycles. The van der Waals surface area contributed by atoms with Crippen LogP contribution in [-0.2, 0) is 5.88 Å². The number of halogens is 1. The first-order valence-electron chi connectivity index (χ1n) is 3.78. The van der Waals surface area contributed by atoms with E-state index in [4.69, 9.17) is 16.9 Å². The molecule has 0 atom stereocenters. The Morgan fingerprint density at radius 2 is 2.38 bits per heavy atom. The van der Waals surface area contributed by atoms with Gasteiger partial charge in [0.1, 0.15) is 0 Å². The van der Waals surface area contributed by atoms with Gasteiger partial charge in [-0.1, -0.05) is 0 Å². The molecular formula is C9H6ClN3. The molecule has 1 heterocycles. The summed E-state index contributed by atoms with van der Waals surface area (Å²) in [4.78, 5) is 7.07. The molecule has 0 saturated carbocycles. The molecule has 13 heavy (non-hydrogen) atoms. The molecule has 0 unspecified atom stereocenters. The number of aromatic amines is 1. The second-order valence-electron chi connectivity index (χ2n) is 2.64. The predicted octanol–water partition coefficient (Wildman–Crippen LogP) is 2.17. The maximum Gasteiger partial charge on any atom is 0.0995 e. The Morgan fingerprint density at radius 3 is 3.08 bits per heavy atom. The van der Waals surface area contributed by atoms with Crippen molar-refractivity contribution in [2.75, 3.05) is 0 Å². The standard InChI is InChI=1S/C9H6ClN3/c10-3-7-6(4-11)1-2-8-9(7)13-5-12-8/h1-2,5H,3H2,(H,12,13). The maximum atomic E-state index is 8.80. The highest BCUT2D eigenvalue weighted by molar-refractivity contribution is 6.18. The number of nitriles is 1. The van der Waals surface area contributed by atoms with Crippen molar-refractivity contribution in [3.05, 3.63) is 29.6 Å². The van der Waals surface area contributed by atoms with Crippen LogP contribution in [0.25, 0.3) is 11.0 Å². The fourth-order valence-electron chi connectivity index (χ4n) is 1.31. The zero-order valence-corrected chi connectivity index (χ0v) is 7.47. The number of nitrogens with zero attached hydrogens (tertiary/aromatic N) is 2. The van der Waals surface area contributed by atoms with Gasteiger partial charge in [0.05, 0.1) is 34.9 Å². The summed E-state index contributed by atoms with van der Waals surface area (Å²) in [5.41, 5.74) is 3.08. The van der Waals surface area contributed by atoms with Crippen LogP contribution in [0, 0.1) is 11.3 Å². The summed E-state index contributed by atoms with van der Waals surface area (Å²) in [5, 5.41) is 8.80. The fourth-order valence-corrected chi connectivity index (χ4v) is 1.58. The first-order valence-corrected chi connectivity index (χ1v) is 4.31. The van der Waals surface area contributed by atoms with Gasteiger partial charge in [0.2, 0.25) is 0 Å². The van der Waals surface area contributed by atoms with E-state index in [2.05, 4.69) is 16.0 Å². The molecule has 4 heteroatoms. The Kier molecular flexibility index (Phi) is 1.91. The summed E-state index contributed by atoms with van der Waals surface area (Å²) in [6, 6.07) is 5.67. The number of imidazole rings is 1. The van der Waals surface area contributed by atoms with Gasteiger partial charge in [0.15, 0.2) is 0 Å². The lowest BCUT2D eigenvalue weighted by Gasteiger charge is -1.99. The first kappa shape index (κ1) is 8.09. The van der Waals surface area contributed by atoms with E-state index in [0.29, 0.717) is 11.4 Å². The van der Waals surface area contributed by atoms with E-state index in [9.17, 15) is 0 Å². The summed E-state index contributed by atoms with van der Waals surface area (Å²) in [6.45, 7) is 0. The van der Waals surface area contributed by atoms with Crippen LogP contribution < -0.4 is 0 Å². The maximum absolute atomic E-state index is 8.80. The molecule has 1 N–H and O–H groups in total. The number of benzene rings is 1. The van der Waals surface area contributed by atoms with Gasteiger partial charge < -0.3 is 4.98 Å². The van der Waals surface area contributed by atoms with Gasteiger partial charge in [0, 0.05) is 5.56 Å². The first-order chi connectivity index (χ1) is 6.36. The molecule has 2 aromatic rings. The van der Waals surface area contributed by atoms with Gasteiger partial charge in [-0.25, -0.2) is 4.98 Å². The zero-order valence-electron chi connectivity index (χ0n) is 6.71. The lowest BCUT2D eigenvalue weighted by atomic mass is 10.1. The van der Waals surface area contributed by atoms with Gasteiger partial charge in [-0.3, -0.25) is 0 Å². The predicted molar refractivity (Wildman–Crippen MR) is 50.4 cm³/mol. The van der Waals surface area contributed by atoms with E-state index in [1.54, 1.807) is 12.4 Å². The summed E-state index contributed by atoms with van der Waals surface area (Å²) in [5.74, 6) is 0.311. The van der Waals surface area contributed by atoms with Crippen molar-refractivity contribution >= 4 is 22.6 Å². The van der Waals surface area contributed by atoms with Crippen molar-refractivity contribution in [2.24, 2.45) is 0 Å². The molecule has 0 spiro atoms. The number of rotatable bonds is 1. The molecule has 0 fully saturated rings. The number of fused-ring (bicyclic) bond motifs is 1. The minimum Gasteiger partial charge on any atom is -0.345 e. The topological polar surface area (TPSA) is 52.5 Å². The van der Waals surface area contributed by atoms with Crippen molar-refractivity contribution in [1.82, 2.24) is 9.97 Å². The van der Waals surface area contributed by atoms with Crippen LogP contribution in [0.5, 0.6) is 0 Å². The average Bonchev–Trinajstić information content (AvgIpc) is 2.63. The van der Waals surface area contributed by atoms with Crippen molar-refractivity contribution in [1.29, 1.82) is 5.26 Å². The van der Waals surface area contributed by atoms with E-state index >= 15 is 0 Å². The van der Waals surface area contributed by atoms with Gasteiger partial charge in [-0.2, -0.15) is 5.26 Å². The highest BCUT2D eigenvalue weighted by atomic mass is 35.5. The quantitative estimate of drug-likeness (QED) is 0.703. The normalized spacial score (nSPS) is 10.2. The Hall–Kier alpha value is -1.53. The molecule has 0 bridgehead atoms. The Labute approximate surface area is 80.0 Å². The average molecular weight is 192 g/mol. The summed E-state index contributed by atoms with van der Waals surface area (Å²) in [7, 11) is 0. The highest BCUT2D eigenvalue weighted by Crippen LogP contribution is 2.20. The van der Waals surface area contributed by atoms with Crippen molar-refractivity contribution < 1.29 is 0 Å². The van der Waals surface area contributed by atoms with Crippen LogP contribution in [0.2, 0.25) is 0 Å². The van der Waals surface area contributed by atoms with Crippen LogP contribution in [0.4, 0.5) is 0 Å². The van der Waals surface area contributed by atoms with Crippen LogP contribution in [0.3, 0.4) is 0 Å². The second kappa shape index (κ2) is 3.08. The third-order valence-corrected chi connectivity index (χ3v) is 2.22. The summed E-state index contributed by atoms with van der Waals surface area (Å²) < 4.78 is 0. The molecule has 0 amide bonds. The minimum absolute atomic E-state index is 0.311. The van der Waals surface area contributed by atoms with Gasteiger partial charge in [-0.05, 0) is 12.1 Å². The lowest BCUT2D eigenvalue weighted by molar-refractivity contribution is 1.32. The molecule has 1 aromatic heterocycles. The Bertz CT molecular complexity index is 481. The van der Waals surface area contributed by atoms with E-state index in [1.807, 2.05) is 6.07 Å². The lowest BCUT2D eigenvalue weighted by Crippen LogP contribution is -1.87. The largest absolute Gasteiger partial charge is 0.345 e. The third-order valence-electron chi connectivity index (χ3n) is 1.95. The molecular weight excluding hydrogens is 186 g/mol. The number of aromatic nitrogens is 2. The number of hydrogen-bond acceptors (Lipinski definition) is 2. The van der Waals surface area contributed by atoms with Crippen LogP contribution in [-0.4, -0.2) is 9.97 Å². The fraction of sp³-hybridized carbons (Fsp3) is 0.111. The second-order valence-corrected chi connectivity index (χ2v) is 2.90. The molecule has 64 valence electrons. The smallest absolute Gasteiger partial charge is 0.0995 e. The van der Waals surface area contributed by atoms with Crippen LogP contribution in [0.15, 0.2) is 18.5 Å². The Morgan fingerprint density at radius 1 is 1.54 bits per heavy atom.